The fourth-order valence-electron chi connectivity index (χ4n) is 3.68. The van der Waals surface area contributed by atoms with Gasteiger partial charge in [0.15, 0.2) is 0 Å². The molecule has 1 unspecified atom stereocenters. The summed E-state index contributed by atoms with van der Waals surface area (Å²) in [6, 6.07) is 6.91. The van der Waals surface area contributed by atoms with Crippen LogP contribution in [-0.4, -0.2) is 38.6 Å². The van der Waals surface area contributed by atoms with Gasteiger partial charge in [0.05, 0.1) is 6.10 Å². The van der Waals surface area contributed by atoms with Crippen molar-refractivity contribution in [2.75, 3.05) is 6.54 Å². The van der Waals surface area contributed by atoms with Crippen LogP contribution in [0.5, 0.6) is 0 Å². The summed E-state index contributed by atoms with van der Waals surface area (Å²) in [4.78, 5) is 11.5. The molecule has 1 aromatic carbocycles. The Morgan fingerprint density at radius 3 is 2.88 bits per heavy atom. The van der Waals surface area contributed by atoms with Crippen molar-refractivity contribution in [3.05, 3.63) is 52.0 Å². The Balaban J connectivity index is 1.54. The van der Waals surface area contributed by atoms with Crippen molar-refractivity contribution >= 4 is 0 Å². The average Bonchev–Trinajstić information content (AvgIpc) is 3.11. The van der Waals surface area contributed by atoms with Crippen molar-refractivity contribution in [1.82, 2.24) is 20.1 Å². The molecule has 1 aliphatic carbocycles. The molecule has 0 spiro atoms. The van der Waals surface area contributed by atoms with Gasteiger partial charge < -0.3 is 10.4 Å². The van der Waals surface area contributed by atoms with E-state index >= 15 is 0 Å². The van der Waals surface area contributed by atoms with Gasteiger partial charge in [0.1, 0.15) is 11.6 Å². The first-order valence-corrected chi connectivity index (χ1v) is 8.71. The van der Waals surface area contributed by atoms with Crippen LogP contribution in [0.3, 0.4) is 0 Å². The van der Waals surface area contributed by atoms with Gasteiger partial charge in [-0.15, -0.1) is 0 Å². The van der Waals surface area contributed by atoms with Crippen LogP contribution in [0.2, 0.25) is 0 Å². The van der Waals surface area contributed by atoms with Crippen LogP contribution in [0.1, 0.15) is 37.1 Å². The fraction of sp³-hybridized carbons (Fsp3) is 0.556. The molecule has 7 heteroatoms. The lowest BCUT2D eigenvalue weighted by Crippen LogP contribution is -2.35. The fourth-order valence-corrected chi connectivity index (χ4v) is 3.68. The number of halogens is 1. The maximum Gasteiger partial charge on any atom is 0.343 e. The first-order chi connectivity index (χ1) is 12.0. The highest BCUT2D eigenvalue weighted by molar-refractivity contribution is 5.18. The van der Waals surface area contributed by atoms with Crippen molar-refractivity contribution in [3.8, 4) is 0 Å². The summed E-state index contributed by atoms with van der Waals surface area (Å²) in [5.41, 5.74) is 0.462. The van der Waals surface area contributed by atoms with Crippen LogP contribution in [0.25, 0.3) is 0 Å². The van der Waals surface area contributed by atoms with E-state index in [1.807, 2.05) is 13.0 Å². The molecule has 25 heavy (non-hydrogen) atoms. The lowest BCUT2D eigenvalue weighted by molar-refractivity contribution is 0.129. The van der Waals surface area contributed by atoms with Gasteiger partial charge in [-0.05, 0) is 43.7 Å². The molecule has 3 N–H and O–H groups in total. The third-order valence-electron chi connectivity index (χ3n) is 5.15. The molecule has 1 fully saturated rings. The highest BCUT2D eigenvalue weighted by atomic mass is 19.1. The zero-order chi connectivity index (χ0) is 18.0. The Bertz CT molecular complexity index is 772. The van der Waals surface area contributed by atoms with Crippen molar-refractivity contribution in [2.45, 2.75) is 44.2 Å². The Morgan fingerprint density at radius 1 is 1.44 bits per heavy atom. The lowest BCUT2D eigenvalue weighted by atomic mass is 10.0. The number of hydrogen-bond acceptors (Lipinski definition) is 4. The monoisotopic (exact) mass is 348 g/mol. The summed E-state index contributed by atoms with van der Waals surface area (Å²) in [5.74, 6) is 0.690. The van der Waals surface area contributed by atoms with Gasteiger partial charge >= 0.3 is 5.69 Å². The van der Waals surface area contributed by atoms with Crippen LogP contribution >= 0.6 is 0 Å². The second-order valence-corrected chi connectivity index (χ2v) is 7.05. The first kappa shape index (κ1) is 17.8. The van der Waals surface area contributed by atoms with E-state index in [0.29, 0.717) is 30.8 Å². The van der Waals surface area contributed by atoms with E-state index < -0.39 is 6.10 Å². The number of hydrogen-bond donors (Lipinski definition) is 3. The molecule has 6 nitrogen and oxygen atoms in total. The third-order valence-corrected chi connectivity index (χ3v) is 5.15. The molecule has 136 valence electrons. The number of rotatable bonds is 6. The molecular weight excluding hydrogens is 323 g/mol. The van der Waals surface area contributed by atoms with E-state index in [1.54, 1.807) is 19.2 Å². The van der Waals surface area contributed by atoms with E-state index in [-0.39, 0.29) is 29.4 Å². The number of nitrogens with zero attached hydrogens (tertiary/aromatic N) is 2. The molecule has 1 aliphatic rings. The predicted octanol–water partition coefficient (Wildman–Crippen LogP) is 1.32. The number of aromatic nitrogens is 3. The number of aliphatic hydroxyl groups excluding tert-OH is 1. The SMILES string of the molecule is CC(Cc1ccccc1F)NC[C@H]1C[C@H](c2n[nH]c(=O)n2C)C[C@H]1O. The minimum absolute atomic E-state index is 0.0765. The standard InChI is InChI=1S/C18H25FN4O2/c1-11(7-12-5-3-4-6-15(12)19)20-10-14-8-13(9-16(14)24)17-21-22-18(25)23(17)2/h3-6,11,13-14,16,20,24H,7-10H2,1-2H3,(H,22,25)/t11?,13-,14+,16+/m0/s1. The van der Waals surface area contributed by atoms with Crippen LogP contribution in [0, 0.1) is 11.7 Å². The van der Waals surface area contributed by atoms with E-state index in [4.69, 9.17) is 0 Å². The third kappa shape index (κ3) is 3.99. The quantitative estimate of drug-likeness (QED) is 0.735. The van der Waals surface area contributed by atoms with E-state index in [1.165, 1.54) is 10.6 Å². The largest absolute Gasteiger partial charge is 0.393 e. The maximum atomic E-state index is 13.7. The normalized spacial score (nSPS) is 24.6. The molecule has 0 radical (unpaired) electrons. The van der Waals surface area contributed by atoms with Crippen LogP contribution in [0.15, 0.2) is 29.1 Å². The Hall–Kier alpha value is -1.99. The number of benzene rings is 1. The first-order valence-electron chi connectivity index (χ1n) is 8.71. The Labute approximate surface area is 146 Å². The van der Waals surface area contributed by atoms with E-state index in [2.05, 4.69) is 15.5 Å². The molecule has 0 amide bonds. The Morgan fingerprint density at radius 2 is 2.20 bits per heavy atom. The number of nitrogens with one attached hydrogen (secondary N) is 2. The second-order valence-electron chi connectivity index (χ2n) is 7.05. The van der Waals surface area contributed by atoms with E-state index in [9.17, 15) is 14.3 Å². The van der Waals surface area contributed by atoms with Crippen LogP contribution in [-0.2, 0) is 13.5 Å². The zero-order valence-corrected chi connectivity index (χ0v) is 14.6. The summed E-state index contributed by atoms with van der Waals surface area (Å²) >= 11 is 0. The summed E-state index contributed by atoms with van der Waals surface area (Å²) in [6.45, 7) is 2.67. The van der Waals surface area contributed by atoms with Gasteiger partial charge in [-0.2, -0.15) is 5.10 Å². The molecule has 1 aromatic heterocycles. The van der Waals surface area contributed by atoms with Gasteiger partial charge in [-0.25, -0.2) is 14.3 Å². The highest BCUT2D eigenvalue weighted by Crippen LogP contribution is 2.36. The Kier molecular flexibility index (Phi) is 5.34. The molecule has 0 saturated heterocycles. The number of aliphatic hydroxyl groups is 1. The number of aromatic amines is 1. The maximum absolute atomic E-state index is 13.7. The number of H-pyrrole nitrogens is 1. The van der Waals surface area contributed by atoms with Crippen molar-refractivity contribution in [2.24, 2.45) is 13.0 Å². The molecule has 4 atom stereocenters. The minimum Gasteiger partial charge on any atom is -0.393 e. The smallest absolute Gasteiger partial charge is 0.343 e. The lowest BCUT2D eigenvalue weighted by Gasteiger charge is -2.19. The van der Waals surface area contributed by atoms with Gasteiger partial charge in [-0.1, -0.05) is 18.2 Å². The van der Waals surface area contributed by atoms with Gasteiger partial charge in [0.25, 0.3) is 0 Å². The van der Waals surface area contributed by atoms with Gasteiger partial charge in [0.2, 0.25) is 0 Å². The molecule has 1 saturated carbocycles. The summed E-state index contributed by atoms with van der Waals surface area (Å²) < 4.78 is 15.2. The minimum atomic E-state index is -0.426. The molecule has 2 aromatic rings. The summed E-state index contributed by atoms with van der Waals surface area (Å²) in [5, 5.41) is 20.3. The molecule has 1 heterocycles. The predicted molar refractivity (Wildman–Crippen MR) is 92.9 cm³/mol. The van der Waals surface area contributed by atoms with Crippen molar-refractivity contribution in [3.63, 3.8) is 0 Å². The summed E-state index contributed by atoms with van der Waals surface area (Å²) in [7, 11) is 1.69. The van der Waals surface area contributed by atoms with Crippen molar-refractivity contribution in [1.29, 1.82) is 0 Å². The molecular formula is C18H25FN4O2. The zero-order valence-electron chi connectivity index (χ0n) is 14.6. The molecule has 0 bridgehead atoms. The van der Waals surface area contributed by atoms with Crippen LogP contribution in [0.4, 0.5) is 4.39 Å². The molecule has 3 rings (SSSR count). The second kappa shape index (κ2) is 7.49. The molecule has 0 aliphatic heterocycles. The topological polar surface area (TPSA) is 82.9 Å². The van der Waals surface area contributed by atoms with E-state index in [0.717, 1.165) is 6.42 Å². The van der Waals surface area contributed by atoms with Gasteiger partial charge in [0, 0.05) is 25.6 Å². The summed E-state index contributed by atoms with van der Waals surface area (Å²) in [6.07, 6.45) is 1.56. The van der Waals surface area contributed by atoms with Gasteiger partial charge in [-0.3, -0.25) is 4.57 Å². The average molecular weight is 348 g/mol. The highest BCUT2D eigenvalue weighted by Gasteiger charge is 2.36. The van der Waals surface area contributed by atoms with Crippen LogP contribution < -0.4 is 11.0 Å². The van der Waals surface area contributed by atoms with Crippen molar-refractivity contribution < 1.29 is 9.50 Å².